The predicted octanol–water partition coefficient (Wildman–Crippen LogP) is 1.12. The first kappa shape index (κ1) is 16.9. The molecule has 124 valence electrons. The maximum absolute atomic E-state index is 12.2. The Bertz CT molecular complexity index is 732. The molecule has 3 N–H and O–H groups in total. The van der Waals surface area contributed by atoms with Crippen LogP contribution in [0.1, 0.15) is 60.0 Å². The van der Waals surface area contributed by atoms with Gasteiger partial charge in [0.2, 0.25) is 0 Å². The Hall–Kier alpha value is -2.44. The smallest absolute Gasteiger partial charge is 0.305 e. The van der Waals surface area contributed by atoms with Gasteiger partial charge in [0, 0.05) is 23.7 Å². The number of carboxylic acid groups (broad SMARTS) is 1. The number of H-pyrrole nitrogens is 1. The van der Waals surface area contributed by atoms with Crippen molar-refractivity contribution < 1.29 is 19.5 Å². The van der Waals surface area contributed by atoms with Crippen molar-refractivity contribution in [3.05, 3.63) is 33.2 Å². The van der Waals surface area contributed by atoms with Crippen molar-refractivity contribution in [2.45, 2.75) is 46.1 Å². The minimum atomic E-state index is -1.05. The molecule has 2 rings (SSSR count). The highest BCUT2D eigenvalue weighted by atomic mass is 16.4. The quantitative estimate of drug-likeness (QED) is 0.769. The first-order chi connectivity index (χ1) is 10.6. The highest BCUT2D eigenvalue weighted by Gasteiger charge is 2.32. The number of aliphatic carboxylic acids is 1. The van der Waals surface area contributed by atoms with Gasteiger partial charge < -0.3 is 15.4 Å². The molecule has 0 aliphatic heterocycles. The van der Waals surface area contributed by atoms with Crippen LogP contribution in [0.2, 0.25) is 0 Å². The average Bonchev–Trinajstić information content (AvgIpc) is 2.34. The summed E-state index contributed by atoms with van der Waals surface area (Å²) < 4.78 is 0. The highest BCUT2D eigenvalue weighted by molar-refractivity contribution is 6.02. The van der Waals surface area contributed by atoms with Crippen LogP contribution < -0.4 is 10.9 Å². The van der Waals surface area contributed by atoms with Gasteiger partial charge in [0.05, 0.1) is 6.42 Å². The van der Waals surface area contributed by atoms with Crippen molar-refractivity contribution >= 4 is 17.7 Å². The molecule has 1 heterocycles. The van der Waals surface area contributed by atoms with Crippen LogP contribution in [0.25, 0.3) is 0 Å². The molecule has 1 aliphatic carbocycles. The second kappa shape index (κ2) is 5.98. The Labute approximate surface area is 133 Å². The van der Waals surface area contributed by atoms with Crippen molar-refractivity contribution in [2.24, 2.45) is 5.41 Å². The molecule has 1 amide bonds. The van der Waals surface area contributed by atoms with E-state index in [1.54, 1.807) is 0 Å². The number of nitrogens with one attached hydrogen (secondary N) is 2. The summed E-state index contributed by atoms with van der Waals surface area (Å²) in [5, 5.41) is 11.2. The third-order valence-corrected chi connectivity index (χ3v) is 3.82. The number of aromatic nitrogens is 1. The van der Waals surface area contributed by atoms with Crippen LogP contribution in [-0.4, -0.2) is 33.8 Å². The number of aromatic amines is 1. The van der Waals surface area contributed by atoms with Crippen molar-refractivity contribution in [1.82, 2.24) is 10.3 Å². The third kappa shape index (κ3) is 3.85. The van der Waals surface area contributed by atoms with E-state index in [-0.39, 0.29) is 23.2 Å². The zero-order valence-electron chi connectivity index (χ0n) is 13.4. The van der Waals surface area contributed by atoms with Gasteiger partial charge in [-0.15, -0.1) is 0 Å². The fourth-order valence-electron chi connectivity index (χ4n) is 2.81. The van der Waals surface area contributed by atoms with Crippen LogP contribution in [0.3, 0.4) is 0 Å². The number of hydrogen-bond acceptors (Lipinski definition) is 4. The molecule has 0 saturated heterocycles. The molecule has 0 radical (unpaired) electrons. The van der Waals surface area contributed by atoms with E-state index in [0.29, 0.717) is 24.1 Å². The van der Waals surface area contributed by atoms with Crippen LogP contribution >= 0.6 is 0 Å². The number of rotatable bonds is 4. The van der Waals surface area contributed by atoms with E-state index >= 15 is 0 Å². The third-order valence-electron chi connectivity index (χ3n) is 3.82. The molecule has 1 aromatic rings. The Kier molecular flexibility index (Phi) is 4.40. The molecule has 0 spiro atoms. The first-order valence-corrected chi connectivity index (χ1v) is 7.41. The van der Waals surface area contributed by atoms with Gasteiger partial charge in [-0.25, -0.2) is 0 Å². The molecule has 0 saturated carbocycles. The number of carbonyl (C=O) groups excluding carboxylic acids is 2. The minimum absolute atomic E-state index is 0.111. The number of ketones is 1. The van der Waals surface area contributed by atoms with E-state index in [1.165, 1.54) is 13.0 Å². The maximum Gasteiger partial charge on any atom is 0.305 e. The summed E-state index contributed by atoms with van der Waals surface area (Å²) in [6.45, 7) is 5.42. The zero-order valence-corrected chi connectivity index (χ0v) is 13.4. The van der Waals surface area contributed by atoms with Crippen LogP contribution in [0.5, 0.6) is 0 Å². The molecule has 7 nitrogen and oxygen atoms in total. The van der Waals surface area contributed by atoms with E-state index in [4.69, 9.17) is 5.11 Å². The molecule has 7 heteroatoms. The number of hydrogen-bond donors (Lipinski definition) is 3. The van der Waals surface area contributed by atoms with Gasteiger partial charge in [0.25, 0.3) is 11.5 Å². The fourth-order valence-corrected chi connectivity index (χ4v) is 2.81. The Morgan fingerprint density at radius 2 is 2.00 bits per heavy atom. The lowest BCUT2D eigenvalue weighted by atomic mass is 9.75. The van der Waals surface area contributed by atoms with Gasteiger partial charge in [-0.05, 0) is 24.8 Å². The van der Waals surface area contributed by atoms with Crippen LogP contribution in [-0.2, 0) is 11.2 Å². The van der Waals surface area contributed by atoms with E-state index in [2.05, 4.69) is 10.3 Å². The Morgan fingerprint density at radius 1 is 1.35 bits per heavy atom. The van der Waals surface area contributed by atoms with Crippen LogP contribution in [0.15, 0.2) is 10.9 Å². The molecule has 23 heavy (non-hydrogen) atoms. The maximum atomic E-state index is 12.2. The summed E-state index contributed by atoms with van der Waals surface area (Å²) in [4.78, 5) is 49.7. The van der Waals surface area contributed by atoms with Crippen molar-refractivity contribution in [3.8, 4) is 0 Å². The molecule has 1 aliphatic rings. The second-order valence-electron chi connectivity index (χ2n) is 6.82. The number of Topliss-reactive ketones (excluding diaryl/α,β-unsaturated/α-hetero) is 1. The number of carboxylic acids is 1. The fraction of sp³-hybridized carbons (Fsp3) is 0.500. The number of amides is 1. The van der Waals surface area contributed by atoms with E-state index in [0.717, 1.165) is 0 Å². The largest absolute Gasteiger partial charge is 0.481 e. The van der Waals surface area contributed by atoms with Gasteiger partial charge >= 0.3 is 5.97 Å². The minimum Gasteiger partial charge on any atom is -0.481 e. The van der Waals surface area contributed by atoms with Crippen LogP contribution in [0, 0.1) is 5.41 Å². The van der Waals surface area contributed by atoms with Gasteiger partial charge in [0.1, 0.15) is 5.56 Å². The normalized spacial score (nSPS) is 17.3. The topological polar surface area (TPSA) is 116 Å². The molecule has 1 unspecified atom stereocenters. The summed E-state index contributed by atoms with van der Waals surface area (Å²) in [7, 11) is 0. The van der Waals surface area contributed by atoms with Crippen molar-refractivity contribution in [2.75, 3.05) is 0 Å². The SMILES string of the molecule is CC(CC(=O)O)NC(=O)c1cc2c([nH]c1=O)CC(C)(C)CC2=O. The molecule has 1 atom stereocenters. The van der Waals surface area contributed by atoms with E-state index < -0.39 is 23.5 Å². The monoisotopic (exact) mass is 320 g/mol. The summed E-state index contributed by atoms with van der Waals surface area (Å²) in [5.41, 5.74) is -0.0676. The van der Waals surface area contributed by atoms with E-state index in [1.807, 2.05) is 13.8 Å². The lowest BCUT2D eigenvalue weighted by Gasteiger charge is -2.29. The van der Waals surface area contributed by atoms with Gasteiger partial charge in [-0.3, -0.25) is 19.2 Å². The standard InChI is InChI=1S/C16H20N2O5/c1-8(4-13(20)21)17-14(22)10-5-9-11(18-15(10)23)6-16(2,3)7-12(9)19/h5,8H,4,6-7H2,1-3H3,(H,17,22)(H,18,23)(H,20,21). The summed E-state index contributed by atoms with van der Waals surface area (Å²) in [6.07, 6.45) is 0.658. The summed E-state index contributed by atoms with van der Waals surface area (Å²) in [5.74, 6) is -1.84. The highest BCUT2D eigenvalue weighted by Crippen LogP contribution is 2.33. The molecular formula is C16H20N2O5. The first-order valence-electron chi connectivity index (χ1n) is 7.41. The summed E-state index contributed by atoms with van der Waals surface area (Å²) in [6, 6.07) is 0.694. The zero-order chi connectivity index (χ0) is 17.4. The number of pyridine rings is 1. The number of fused-ring (bicyclic) bond motifs is 1. The van der Waals surface area contributed by atoms with Gasteiger partial charge in [-0.1, -0.05) is 13.8 Å². The van der Waals surface area contributed by atoms with Crippen molar-refractivity contribution in [3.63, 3.8) is 0 Å². The van der Waals surface area contributed by atoms with Crippen molar-refractivity contribution in [1.29, 1.82) is 0 Å². The Morgan fingerprint density at radius 3 is 2.61 bits per heavy atom. The Balaban J connectivity index is 2.30. The van der Waals surface area contributed by atoms with Gasteiger partial charge in [0.15, 0.2) is 5.78 Å². The average molecular weight is 320 g/mol. The second-order valence-corrected chi connectivity index (χ2v) is 6.82. The number of carbonyl (C=O) groups is 3. The summed E-state index contributed by atoms with van der Waals surface area (Å²) >= 11 is 0. The van der Waals surface area contributed by atoms with Gasteiger partial charge in [-0.2, -0.15) is 0 Å². The lowest BCUT2D eigenvalue weighted by molar-refractivity contribution is -0.137. The molecule has 0 aromatic carbocycles. The molecule has 0 bridgehead atoms. The molecule has 0 fully saturated rings. The lowest BCUT2D eigenvalue weighted by Crippen LogP contribution is -2.38. The van der Waals surface area contributed by atoms with Crippen LogP contribution in [0.4, 0.5) is 0 Å². The molecule has 1 aromatic heterocycles. The predicted molar refractivity (Wildman–Crippen MR) is 82.7 cm³/mol. The molecular weight excluding hydrogens is 300 g/mol. The van der Waals surface area contributed by atoms with E-state index in [9.17, 15) is 19.2 Å².